The van der Waals surface area contributed by atoms with Crippen LogP contribution in [0.2, 0.25) is 0 Å². The summed E-state index contributed by atoms with van der Waals surface area (Å²) in [7, 11) is 0. The van der Waals surface area contributed by atoms with Gasteiger partial charge in [-0.25, -0.2) is 9.97 Å². The first-order chi connectivity index (χ1) is 9.78. The number of hydrogen-bond donors (Lipinski definition) is 1. The van der Waals surface area contributed by atoms with Crippen LogP contribution in [-0.2, 0) is 0 Å². The zero-order chi connectivity index (χ0) is 15.6. The predicted octanol–water partition coefficient (Wildman–Crippen LogP) is 0.651. The van der Waals surface area contributed by atoms with E-state index in [0.29, 0.717) is 0 Å². The summed E-state index contributed by atoms with van der Waals surface area (Å²) in [5, 5.41) is 11.0. The van der Waals surface area contributed by atoms with E-state index in [-0.39, 0.29) is 37.8 Å². The molecule has 21 heavy (non-hydrogen) atoms. The van der Waals surface area contributed by atoms with Gasteiger partial charge in [-0.15, -0.1) is 0 Å². The molecule has 2 rings (SSSR count). The number of aromatic nitrogens is 2. The number of anilines is 2. The summed E-state index contributed by atoms with van der Waals surface area (Å²) >= 11 is 0. The molecule has 2 heterocycles. The van der Waals surface area contributed by atoms with Crippen LogP contribution in [-0.4, -0.2) is 58.7 Å². The van der Waals surface area contributed by atoms with E-state index in [1.807, 2.05) is 0 Å². The summed E-state index contributed by atoms with van der Waals surface area (Å²) in [5.41, 5.74) is 5.05. The van der Waals surface area contributed by atoms with Gasteiger partial charge < -0.3 is 10.6 Å². The molecule has 1 fully saturated rings. The van der Waals surface area contributed by atoms with Crippen LogP contribution in [0, 0.1) is 10.1 Å². The molecule has 0 spiro atoms. The standard InChI is InChI=1S/C10H13F3N6O2/c11-10(12,13)5-17-1-3-18(4-2-17)9-7(19(20)21)8(14)15-6-16-9/h6H,1-5H2,(H2,14,15,16). The van der Waals surface area contributed by atoms with Gasteiger partial charge in [0.1, 0.15) is 6.33 Å². The smallest absolute Gasteiger partial charge is 0.378 e. The maximum atomic E-state index is 12.3. The highest BCUT2D eigenvalue weighted by Crippen LogP contribution is 2.30. The molecule has 0 aromatic carbocycles. The van der Waals surface area contributed by atoms with E-state index in [2.05, 4.69) is 9.97 Å². The van der Waals surface area contributed by atoms with Gasteiger partial charge in [0.25, 0.3) is 0 Å². The maximum Gasteiger partial charge on any atom is 0.401 e. The maximum absolute atomic E-state index is 12.3. The fraction of sp³-hybridized carbons (Fsp3) is 0.600. The summed E-state index contributed by atoms with van der Waals surface area (Å²) in [6, 6.07) is 0. The second-order valence-corrected chi connectivity index (χ2v) is 4.57. The number of nitrogens with zero attached hydrogens (tertiary/aromatic N) is 5. The minimum Gasteiger partial charge on any atom is -0.378 e. The number of alkyl halides is 3. The Balaban J connectivity index is 2.10. The van der Waals surface area contributed by atoms with Crippen LogP contribution in [0.15, 0.2) is 6.33 Å². The van der Waals surface area contributed by atoms with Crippen molar-refractivity contribution < 1.29 is 18.1 Å². The van der Waals surface area contributed by atoms with Crippen LogP contribution in [0.4, 0.5) is 30.5 Å². The lowest BCUT2D eigenvalue weighted by atomic mass is 10.3. The normalized spacial score (nSPS) is 17.0. The second-order valence-electron chi connectivity index (χ2n) is 4.57. The molecule has 1 saturated heterocycles. The van der Waals surface area contributed by atoms with Gasteiger partial charge in [0.05, 0.1) is 11.5 Å². The van der Waals surface area contributed by atoms with Gasteiger partial charge in [-0.2, -0.15) is 13.2 Å². The Kier molecular flexibility index (Phi) is 4.11. The van der Waals surface area contributed by atoms with Crippen LogP contribution >= 0.6 is 0 Å². The topological polar surface area (TPSA) is 101 Å². The molecule has 0 radical (unpaired) electrons. The fourth-order valence-corrected chi connectivity index (χ4v) is 2.16. The van der Waals surface area contributed by atoms with Crippen molar-refractivity contribution in [3.8, 4) is 0 Å². The van der Waals surface area contributed by atoms with Crippen molar-refractivity contribution in [1.29, 1.82) is 0 Å². The zero-order valence-corrected chi connectivity index (χ0v) is 10.9. The molecular weight excluding hydrogens is 293 g/mol. The number of piperazine rings is 1. The van der Waals surface area contributed by atoms with E-state index in [0.717, 1.165) is 6.33 Å². The van der Waals surface area contributed by atoms with E-state index in [1.165, 1.54) is 4.90 Å². The average Bonchev–Trinajstić information content (AvgIpc) is 2.37. The van der Waals surface area contributed by atoms with Gasteiger partial charge in [0.2, 0.25) is 11.6 Å². The molecule has 0 unspecified atom stereocenters. The SMILES string of the molecule is Nc1ncnc(N2CCN(CC(F)(F)F)CC2)c1[N+](=O)[O-]. The van der Waals surface area contributed by atoms with Crippen molar-refractivity contribution >= 4 is 17.3 Å². The van der Waals surface area contributed by atoms with E-state index in [4.69, 9.17) is 5.73 Å². The van der Waals surface area contributed by atoms with Gasteiger partial charge in [0, 0.05) is 26.2 Å². The zero-order valence-electron chi connectivity index (χ0n) is 10.9. The molecule has 1 aromatic rings. The molecule has 2 N–H and O–H groups in total. The summed E-state index contributed by atoms with van der Waals surface area (Å²) in [5.74, 6) is -0.220. The number of rotatable bonds is 3. The van der Waals surface area contributed by atoms with E-state index in [9.17, 15) is 23.3 Å². The highest BCUT2D eigenvalue weighted by molar-refractivity contribution is 5.68. The second kappa shape index (κ2) is 5.68. The predicted molar refractivity (Wildman–Crippen MR) is 67.8 cm³/mol. The molecule has 1 aliphatic rings. The van der Waals surface area contributed by atoms with Crippen LogP contribution in [0.25, 0.3) is 0 Å². The van der Waals surface area contributed by atoms with Gasteiger partial charge >= 0.3 is 11.9 Å². The molecule has 0 aliphatic carbocycles. The van der Waals surface area contributed by atoms with Gasteiger partial charge in [-0.3, -0.25) is 15.0 Å². The number of halogens is 3. The summed E-state index contributed by atoms with van der Waals surface area (Å²) in [6.45, 7) is -0.309. The van der Waals surface area contributed by atoms with Crippen molar-refractivity contribution in [3.05, 3.63) is 16.4 Å². The minimum absolute atomic E-state index is 0.0409. The van der Waals surface area contributed by atoms with Crippen LogP contribution in [0.5, 0.6) is 0 Å². The molecular formula is C10H13F3N6O2. The van der Waals surface area contributed by atoms with Crippen molar-refractivity contribution in [2.75, 3.05) is 43.4 Å². The van der Waals surface area contributed by atoms with Crippen LogP contribution < -0.4 is 10.6 Å². The molecule has 116 valence electrons. The van der Waals surface area contributed by atoms with Crippen molar-refractivity contribution in [1.82, 2.24) is 14.9 Å². The fourth-order valence-electron chi connectivity index (χ4n) is 2.16. The molecule has 8 nitrogen and oxygen atoms in total. The van der Waals surface area contributed by atoms with Gasteiger partial charge in [-0.1, -0.05) is 0 Å². The minimum atomic E-state index is -4.26. The van der Waals surface area contributed by atoms with E-state index in [1.54, 1.807) is 4.90 Å². The number of nitro groups is 1. The molecule has 11 heteroatoms. The van der Waals surface area contributed by atoms with Gasteiger partial charge in [-0.05, 0) is 0 Å². The Morgan fingerprint density at radius 3 is 2.43 bits per heavy atom. The highest BCUT2D eigenvalue weighted by Gasteiger charge is 2.34. The monoisotopic (exact) mass is 306 g/mol. The number of nitrogens with two attached hydrogens (primary N) is 1. The van der Waals surface area contributed by atoms with E-state index >= 15 is 0 Å². The molecule has 0 atom stereocenters. The number of hydrogen-bond acceptors (Lipinski definition) is 7. The van der Waals surface area contributed by atoms with Crippen molar-refractivity contribution in [2.45, 2.75) is 6.18 Å². The first-order valence-electron chi connectivity index (χ1n) is 6.07. The third kappa shape index (κ3) is 3.68. The average molecular weight is 306 g/mol. The first-order valence-corrected chi connectivity index (χ1v) is 6.07. The summed E-state index contributed by atoms with van der Waals surface area (Å²) < 4.78 is 36.9. The lowest BCUT2D eigenvalue weighted by Gasteiger charge is -2.35. The Morgan fingerprint density at radius 1 is 1.29 bits per heavy atom. The lowest BCUT2D eigenvalue weighted by molar-refractivity contribution is -0.383. The summed E-state index contributed by atoms with van der Waals surface area (Å²) in [4.78, 5) is 20.5. The van der Waals surface area contributed by atoms with Crippen molar-refractivity contribution in [3.63, 3.8) is 0 Å². The summed E-state index contributed by atoms with van der Waals surface area (Å²) in [6.07, 6.45) is -3.16. The molecule has 0 saturated carbocycles. The molecule has 0 amide bonds. The molecule has 1 aliphatic heterocycles. The Hall–Kier alpha value is -2.17. The Labute approximate surface area is 117 Å². The largest absolute Gasteiger partial charge is 0.401 e. The molecule has 0 bridgehead atoms. The van der Waals surface area contributed by atoms with Gasteiger partial charge in [0.15, 0.2) is 0 Å². The third-order valence-corrected chi connectivity index (χ3v) is 3.09. The van der Waals surface area contributed by atoms with Crippen molar-refractivity contribution in [2.24, 2.45) is 0 Å². The van der Waals surface area contributed by atoms with Crippen LogP contribution in [0.3, 0.4) is 0 Å². The quantitative estimate of drug-likeness (QED) is 0.646. The number of nitrogen functional groups attached to an aromatic ring is 1. The third-order valence-electron chi connectivity index (χ3n) is 3.09. The molecule has 1 aromatic heterocycles. The highest BCUT2D eigenvalue weighted by atomic mass is 19.4. The Bertz CT molecular complexity index is 530. The first kappa shape index (κ1) is 15.2. The van der Waals surface area contributed by atoms with E-state index < -0.39 is 23.3 Å². The Morgan fingerprint density at radius 2 is 1.90 bits per heavy atom. The van der Waals surface area contributed by atoms with Crippen LogP contribution in [0.1, 0.15) is 0 Å². The lowest BCUT2D eigenvalue weighted by Crippen LogP contribution is -2.49.